The fourth-order valence-electron chi connectivity index (χ4n) is 6.28. The molecule has 3 aliphatic rings. The van der Waals surface area contributed by atoms with E-state index in [-0.39, 0.29) is 51.5 Å². The Morgan fingerprint density at radius 1 is 1.23 bits per heavy atom. The number of likely N-dealkylation sites (N-methyl/N-ethyl adjacent to an activating group) is 1. The number of carbonyl (C=O) groups is 1. The van der Waals surface area contributed by atoms with Crippen LogP contribution in [0.4, 0.5) is 21.6 Å². The maximum absolute atomic E-state index is 14.3. The van der Waals surface area contributed by atoms with E-state index in [2.05, 4.69) is 29.8 Å². The van der Waals surface area contributed by atoms with Crippen LogP contribution in [0.5, 0.6) is 0 Å². The number of primary amides is 1. The summed E-state index contributed by atoms with van der Waals surface area (Å²) in [6.45, 7) is 3.19. The Labute approximate surface area is 236 Å². The van der Waals surface area contributed by atoms with Crippen LogP contribution in [-0.4, -0.2) is 80.5 Å². The Kier molecular flexibility index (Phi) is 8.89. The summed E-state index contributed by atoms with van der Waals surface area (Å²) in [5, 5.41) is 4.67. The second-order valence-electron chi connectivity index (χ2n) is 10.5. The molecule has 16 heteroatoms. The minimum atomic E-state index is -3.96. The van der Waals surface area contributed by atoms with E-state index in [1.165, 1.54) is 6.07 Å². The molecule has 218 valence electrons. The fourth-order valence-corrected chi connectivity index (χ4v) is 7.58. The van der Waals surface area contributed by atoms with Gasteiger partial charge in [-0.3, -0.25) is 4.79 Å². The van der Waals surface area contributed by atoms with Gasteiger partial charge in [-0.15, -0.1) is 0 Å². The molecule has 2 aliphatic carbocycles. The van der Waals surface area contributed by atoms with Crippen molar-refractivity contribution in [3.63, 3.8) is 0 Å². The first kappa shape index (κ1) is 30.0. The average Bonchev–Trinajstić information content (AvgIpc) is 3.48. The second-order valence-corrected chi connectivity index (χ2v) is 12.7. The molecule has 2 heterocycles. The molecule has 1 aliphatic heterocycles. The van der Waals surface area contributed by atoms with Crippen molar-refractivity contribution in [2.75, 3.05) is 50.0 Å². The molecule has 1 amide bonds. The molecule has 2 bridgehead atoms. The van der Waals surface area contributed by atoms with Gasteiger partial charge in [-0.2, -0.15) is 4.98 Å². The molecular formula is C24H32ClFN8O5S. The van der Waals surface area contributed by atoms with Crippen LogP contribution < -0.4 is 25.8 Å². The molecule has 2 aromatic rings. The van der Waals surface area contributed by atoms with Gasteiger partial charge in [0.15, 0.2) is 11.6 Å². The average molecular weight is 599 g/mol. The smallest absolute Gasteiger partial charge is 0.256 e. The molecule has 13 nitrogen and oxygen atoms in total. The van der Waals surface area contributed by atoms with Gasteiger partial charge in [-0.1, -0.05) is 0 Å². The number of amides is 1. The highest BCUT2D eigenvalue weighted by molar-refractivity contribution is 7.89. The SMILES string of the molecule is CN1CCN(c2cc([NH+]=O)cc(S(=O)(=O)NC[C@@H]3C[C@@H]4C[C@H]3[C@@H](Nc3nc(Cl)ncc3F)[C@H]4C(N)=O)c2)CC1.[OH-]. The van der Waals surface area contributed by atoms with E-state index in [1.807, 2.05) is 12.2 Å². The van der Waals surface area contributed by atoms with Crippen LogP contribution in [0.1, 0.15) is 12.8 Å². The molecule has 1 saturated heterocycles. The molecule has 5 atom stereocenters. The van der Waals surface area contributed by atoms with Crippen LogP contribution in [0.3, 0.4) is 0 Å². The van der Waals surface area contributed by atoms with Crippen molar-refractivity contribution >= 4 is 44.7 Å². The Bertz CT molecular complexity index is 1380. The van der Waals surface area contributed by atoms with Crippen LogP contribution in [0.15, 0.2) is 29.3 Å². The topological polar surface area (TPSA) is 195 Å². The number of halogens is 2. The van der Waals surface area contributed by atoms with Gasteiger partial charge in [0.2, 0.25) is 21.2 Å². The maximum Gasteiger partial charge on any atom is 0.256 e. The summed E-state index contributed by atoms with van der Waals surface area (Å²) in [5.41, 5.74) is 6.50. The van der Waals surface area contributed by atoms with Crippen molar-refractivity contribution in [3.05, 3.63) is 40.4 Å². The molecule has 0 unspecified atom stereocenters. The Morgan fingerprint density at radius 2 is 1.95 bits per heavy atom. The van der Waals surface area contributed by atoms with Crippen LogP contribution in [0.2, 0.25) is 5.28 Å². The lowest BCUT2D eigenvalue weighted by Crippen LogP contribution is -2.56. The number of hydrogen-bond donors (Lipinski definition) is 4. The number of carbonyl (C=O) groups excluding carboxylic acids is 1. The minimum Gasteiger partial charge on any atom is -0.870 e. The van der Waals surface area contributed by atoms with Gasteiger partial charge in [0.05, 0.1) is 17.0 Å². The zero-order valence-corrected chi connectivity index (χ0v) is 23.3. The molecule has 1 aromatic heterocycles. The Hall–Kier alpha value is -2.98. The normalized spacial score (nSPS) is 26.4. The first-order valence-electron chi connectivity index (χ1n) is 12.8. The van der Waals surface area contributed by atoms with Gasteiger partial charge in [-0.25, -0.2) is 22.5 Å². The lowest BCUT2D eigenvalue weighted by molar-refractivity contribution is -0.379. The molecule has 1 aromatic carbocycles. The largest absolute Gasteiger partial charge is 0.870 e. The number of sulfonamides is 1. The number of nitrogens with two attached hydrogens (primary N) is 1. The summed E-state index contributed by atoms with van der Waals surface area (Å²) >= 11 is 5.83. The Balaban J connectivity index is 0.00000370. The van der Waals surface area contributed by atoms with Crippen LogP contribution >= 0.6 is 11.6 Å². The summed E-state index contributed by atoms with van der Waals surface area (Å²) in [7, 11) is -1.94. The van der Waals surface area contributed by atoms with Gasteiger partial charge < -0.3 is 26.3 Å². The number of piperazine rings is 1. The van der Waals surface area contributed by atoms with Crippen LogP contribution in [-0.2, 0) is 14.8 Å². The van der Waals surface area contributed by atoms with Crippen molar-refractivity contribution < 1.29 is 28.3 Å². The summed E-state index contributed by atoms with van der Waals surface area (Å²) in [6, 6.07) is 3.99. The molecule has 0 spiro atoms. The number of anilines is 2. The van der Waals surface area contributed by atoms with E-state index in [0.29, 0.717) is 31.6 Å². The second kappa shape index (κ2) is 11.9. The monoisotopic (exact) mass is 598 g/mol. The molecular weight excluding hydrogens is 567 g/mol. The van der Waals surface area contributed by atoms with Gasteiger partial charge in [-0.05, 0) is 55.3 Å². The summed E-state index contributed by atoms with van der Waals surface area (Å²) in [5.74, 6) is -2.26. The van der Waals surface area contributed by atoms with Crippen molar-refractivity contribution in [1.82, 2.24) is 19.6 Å². The highest BCUT2D eigenvalue weighted by Gasteiger charge is 2.55. The highest BCUT2D eigenvalue weighted by atomic mass is 35.5. The molecule has 6 N–H and O–H groups in total. The van der Waals surface area contributed by atoms with E-state index in [0.717, 1.165) is 19.3 Å². The first-order valence-corrected chi connectivity index (χ1v) is 14.6. The third-order valence-electron chi connectivity index (χ3n) is 8.21. The number of nitroso groups, excluding NO2 is 1. The molecule has 0 radical (unpaired) electrons. The zero-order chi connectivity index (χ0) is 27.9. The van der Waals surface area contributed by atoms with Gasteiger partial charge in [0.25, 0.3) is 5.69 Å². The number of hydrogen-bond acceptors (Lipinski definition) is 10. The third kappa shape index (κ3) is 6.02. The van der Waals surface area contributed by atoms with Crippen molar-refractivity contribution in [3.8, 4) is 0 Å². The standard InChI is InChI=1S/C24H30ClFN8O4S.H2O/c1-33-2-4-34(5-3-33)16-8-15(32-36)9-17(10-16)39(37,38)29-11-14-6-13-7-18(14)21(20(13)22(27)35)30-23-19(26)12-28-24(25)31-23;/h8-10,12-14,18,20-21,29H,2-7,11H2,1H3,(H2,27,35)(H,28,30,31);1H2/t13-,14+,18-,20+,21-;/m1./s1. The molecule has 5 rings (SSSR count). The zero-order valence-electron chi connectivity index (χ0n) is 21.8. The number of nitrogens with zero attached hydrogens (tertiary/aromatic N) is 4. The van der Waals surface area contributed by atoms with E-state index >= 15 is 0 Å². The quantitative estimate of drug-likeness (QED) is 0.282. The van der Waals surface area contributed by atoms with Gasteiger partial charge in [0.1, 0.15) is 0 Å². The van der Waals surface area contributed by atoms with Crippen molar-refractivity contribution in [2.24, 2.45) is 29.4 Å². The number of aromatic nitrogens is 2. The molecule has 3 fully saturated rings. The van der Waals surface area contributed by atoms with Gasteiger partial charge in [0, 0.05) is 66.7 Å². The van der Waals surface area contributed by atoms with Crippen molar-refractivity contribution in [2.45, 2.75) is 23.8 Å². The van der Waals surface area contributed by atoms with Crippen molar-refractivity contribution in [1.29, 1.82) is 0 Å². The highest BCUT2D eigenvalue weighted by Crippen LogP contribution is 2.52. The predicted octanol–water partition coefficient (Wildman–Crippen LogP) is -0.161. The number of benzene rings is 1. The fraction of sp³-hybridized carbons (Fsp3) is 0.542. The Morgan fingerprint density at radius 3 is 2.62 bits per heavy atom. The van der Waals surface area contributed by atoms with Gasteiger partial charge >= 0.3 is 0 Å². The van der Waals surface area contributed by atoms with E-state index in [1.54, 1.807) is 12.1 Å². The summed E-state index contributed by atoms with van der Waals surface area (Å²) in [6.07, 6.45) is 2.18. The predicted molar refractivity (Wildman–Crippen MR) is 144 cm³/mol. The van der Waals surface area contributed by atoms with E-state index in [4.69, 9.17) is 17.3 Å². The lowest BCUT2D eigenvalue weighted by Gasteiger charge is -2.35. The molecule has 40 heavy (non-hydrogen) atoms. The first-order chi connectivity index (χ1) is 18.6. The summed E-state index contributed by atoms with van der Waals surface area (Å²) < 4.78 is 43.7. The van der Waals surface area contributed by atoms with E-state index in [9.17, 15) is 22.5 Å². The van der Waals surface area contributed by atoms with E-state index < -0.39 is 33.7 Å². The van der Waals surface area contributed by atoms with Crippen LogP contribution in [0, 0.1) is 34.4 Å². The summed E-state index contributed by atoms with van der Waals surface area (Å²) in [4.78, 5) is 35.5. The number of rotatable bonds is 9. The maximum atomic E-state index is 14.3. The lowest BCUT2D eigenvalue weighted by atomic mass is 9.78. The molecule has 2 saturated carbocycles. The van der Waals surface area contributed by atoms with Crippen LogP contribution in [0.25, 0.3) is 0 Å². The third-order valence-corrected chi connectivity index (χ3v) is 9.80. The number of nitrogens with one attached hydrogen (secondary N) is 3. The number of fused-ring (bicyclic) bond motifs is 2. The minimum absolute atomic E-state index is 0.